The van der Waals surface area contributed by atoms with Crippen LogP contribution in [-0.2, 0) is 6.54 Å². The molecule has 0 unspecified atom stereocenters. The number of benzene rings is 2. The third kappa shape index (κ3) is 3.89. The van der Waals surface area contributed by atoms with Crippen LogP contribution in [0, 0.1) is 5.82 Å². The highest BCUT2D eigenvalue weighted by Crippen LogP contribution is 2.15. The molecule has 1 aromatic heterocycles. The van der Waals surface area contributed by atoms with Crippen molar-refractivity contribution in [3.05, 3.63) is 60.2 Å². The summed E-state index contributed by atoms with van der Waals surface area (Å²) in [6, 6.07) is 12.5. The van der Waals surface area contributed by atoms with Crippen LogP contribution in [-0.4, -0.2) is 33.3 Å². The number of rotatable bonds is 5. The summed E-state index contributed by atoms with van der Waals surface area (Å²) in [5, 5.41) is 16.4. The second-order valence-electron chi connectivity index (χ2n) is 4.99. The molecule has 2 N–H and O–H groups in total. The lowest BCUT2D eigenvalue weighted by molar-refractivity contribution is 0.251. The quantitative estimate of drug-likeness (QED) is 0.741. The van der Waals surface area contributed by atoms with Crippen LogP contribution in [0.4, 0.5) is 14.9 Å². The molecule has 0 saturated carbocycles. The maximum Gasteiger partial charge on any atom is 0.319 e. The van der Waals surface area contributed by atoms with Crippen molar-refractivity contribution in [3.63, 3.8) is 0 Å². The van der Waals surface area contributed by atoms with E-state index in [-0.39, 0.29) is 12.2 Å². The third-order valence-electron chi connectivity index (χ3n) is 3.38. The summed E-state index contributed by atoms with van der Waals surface area (Å²) >= 11 is 0. The van der Waals surface area contributed by atoms with Crippen LogP contribution in [0.15, 0.2) is 48.5 Å². The molecule has 128 valence electrons. The van der Waals surface area contributed by atoms with Gasteiger partial charge < -0.3 is 15.4 Å². The molecule has 0 aliphatic heterocycles. The molecule has 0 atom stereocenters. The van der Waals surface area contributed by atoms with E-state index in [9.17, 15) is 9.18 Å². The lowest BCUT2D eigenvalue weighted by Crippen LogP contribution is -2.29. The van der Waals surface area contributed by atoms with Gasteiger partial charge >= 0.3 is 6.03 Å². The number of tetrazole rings is 1. The molecule has 0 aliphatic carbocycles. The molecule has 0 spiro atoms. The van der Waals surface area contributed by atoms with Crippen LogP contribution in [0.25, 0.3) is 5.69 Å². The monoisotopic (exact) mass is 342 g/mol. The minimum Gasteiger partial charge on any atom is -0.497 e. The van der Waals surface area contributed by atoms with E-state index in [2.05, 4.69) is 26.2 Å². The van der Waals surface area contributed by atoms with E-state index in [0.717, 1.165) is 5.69 Å². The van der Waals surface area contributed by atoms with Crippen LogP contribution in [0.2, 0.25) is 0 Å². The summed E-state index contributed by atoms with van der Waals surface area (Å²) in [5.41, 5.74) is 0.812. The van der Waals surface area contributed by atoms with Crippen LogP contribution in [0.1, 0.15) is 5.82 Å². The van der Waals surface area contributed by atoms with Gasteiger partial charge in [0.15, 0.2) is 5.82 Å². The van der Waals surface area contributed by atoms with Crippen LogP contribution < -0.4 is 15.4 Å². The molecule has 0 saturated heterocycles. The van der Waals surface area contributed by atoms with Crippen molar-refractivity contribution in [2.45, 2.75) is 6.54 Å². The number of hydrogen-bond acceptors (Lipinski definition) is 5. The van der Waals surface area contributed by atoms with Gasteiger partial charge in [-0.15, -0.1) is 5.10 Å². The fourth-order valence-electron chi connectivity index (χ4n) is 2.13. The molecular weight excluding hydrogens is 327 g/mol. The number of carbonyl (C=O) groups is 1. The Morgan fingerprint density at radius 1 is 1.20 bits per heavy atom. The van der Waals surface area contributed by atoms with Gasteiger partial charge in [-0.25, -0.2) is 9.18 Å². The zero-order valence-electron chi connectivity index (χ0n) is 13.3. The fraction of sp³-hybridized carbons (Fsp3) is 0.125. The number of carbonyl (C=O) groups excluding carboxylic acids is 1. The Bertz CT molecular complexity index is 865. The Hall–Kier alpha value is -3.49. The Balaban J connectivity index is 1.65. The van der Waals surface area contributed by atoms with Crippen LogP contribution >= 0.6 is 0 Å². The number of nitrogens with one attached hydrogen (secondary N) is 2. The predicted octanol–water partition coefficient (Wildman–Crippen LogP) is 2.13. The molecule has 0 fully saturated rings. The van der Waals surface area contributed by atoms with E-state index in [4.69, 9.17) is 4.74 Å². The van der Waals surface area contributed by atoms with Gasteiger partial charge in [-0.05, 0) is 46.8 Å². The lowest BCUT2D eigenvalue weighted by Gasteiger charge is -2.09. The lowest BCUT2D eigenvalue weighted by atomic mass is 10.3. The van der Waals surface area contributed by atoms with E-state index in [1.807, 2.05) is 0 Å². The molecule has 0 aliphatic rings. The number of urea groups is 1. The standard InChI is InChI=1S/C16H15FN6O2/c1-25-12-8-6-11(7-9-12)23-15(20-21-22-23)10-18-16(24)19-14-5-3-2-4-13(14)17/h2-9H,10H2,1H3,(H2,18,19,24). The number of amides is 2. The first kappa shape index (κ1) is 16.4. The van der Waals surface area contributed by atoms with Crippen molar-refractivity contribution in [1.82, 2.24) is 25.5 Å². The number of hydrogen-bond donors (Lipinski definition) is 2. The maximum absolute atomic E-state index is 13.5. The maximum atomic E-state index is 13.5. The van der Waals surface area contributed by atoms with Crippen molar-refractivity contribution in [2.75, 3.05) is 12.4 Å². The summed E-state index contributed by atoms with van der Waals surface area (Å²) in [6.07, 6.45) is 0. The third-order valence-corrected chi connectivity index (χ3v) is 3.38. The van der Waals surface area contributed by atoms with E-state index in [0.29, 0.717) is 11.6 Å². The molecule has 2 amide bonds. The molecule has 3 rings (SSSR count). The van der Waals surface area contributed by atoms with E-state index >= 15 is 0 Å². The fourth-order valence-corrected chi connectivity index (χ4v) is 2.13. The minimum absolute atomic E-state index is 0.0688. The zero-order valence-corrected chi connectivity index (χ0v) is 13.3. The largest absolute Gasteiger partial charge is 0.497 e. The van der Waals surface area contributed by atoms with Gasteiger partial charge in [-0.2, -0.15) is 4.68 Å². The minimum atomic E-state index is -0.561. The Morgan fingerprint density at radius 3 is 2.68 bits per heavy atom. The summed E-state index contributed by atoms with van der Waals surface area (Å²) in [7, 11) is 1.58. The van der Waals surface area contributed by atoms with E-state index in [1.54, 1.807) is 43.5 Å². The SMILES string of the molecule is COc1ccc(-n2nnnc2CNC(=O)Nc2ccccc2F)cc1. The molecular formula is C16H15FN6O2. The van der Waals surface area contributed by atoms with Gasteiger partial charge in [0.05, 0.1) is 25.0 Å². The number of para-hydroxylation sites is 1. The van der Waals surface area contributed by atoms with Gasteiger partial charge in [-0.3, -0.25) is 0 Å². The zero-order chi connectivity index (χ0) is 17.6. The van der Waals surface area contributed by atoms with Gasteiger partial charge in [0.25, 0.3) is 0 Å². The van der Waals surface area contributed by atoms with Crippen molar-refractivity contribution < 1.29 is 13.9 Å². The second kappa shape index (κ2) is 7.39. The first-order valence-corrected chi connectivity index (χ1v) is 7.38. The Kier molecular flexibility index (Phi) is 4.84. The molecule has 1 heterocycles. The first-order chi connectivity index (χ1) is 12.2. The number of methoxy groups -OCH3 is 1. The predicted molar refractivity (Wildman–Crippen MR) is 88.0 cm³/mol. The number of nitrogens with zero attached hydrogens (tertiary/aromatic N) is 4. The summed E-state index contributed by atoms with van der Waals surface area (Å²) in [4.78, 5) is 11.9. The smallest absolute Gasteiger partial charge is 0.319 e. The van der Waals surface area contributed by atoms with E-state index < -0.39 is 11.8 Å². The highest BCUT2D eigenvalue weighted by atomic mass is 19.1. The average Bonchev–Trinajstić information content (AvgIpc) is 3.10. The normalized spacial score (nSPS) is 10.3. The highest BCUT2D eigenvalue weighted by molar-refractivity contribution is 5.89. The highest BCUT2D eigenvalue weighted by Gasteiger charge is 2.11. The van der Waals surface area contributed by atoms with Gasteiger partial charge in [0.2, 0.25) is 0 Å². The molecule has 3 aromatic rings. The first-order valence-electron chi connectivity index (χ1n) is 7.38. The molecule has 9 heteroatoms. The van der Waals surface area contributed by atoms with Crippen molar-refractivity contribution in [1.29, 1.82) is 0 Å². The molecule has 2 aromatic carbocycles. The Labute approximate surface area is 142 Å². The average molecular weight is 342 g/mol. The molecule has 8 nitrogen and oxygen atoms in total. The second-order valence-corrected chi connectivity index (χ2v) is 4.99. The van der Waals surface area contributed by atoms with Crippen molar-refractivity contribution >= 4 is 11.7 Å². The van der Waals surface area contributed by atoms with E-state index in [1.165, 1.54) is 16.8 Å². The number of aromatic nitrogens is 4. The molecule has 25 heavy (non-hydrogen) atoms. The van der Waals surface area contributed by atoms with Gasteiger partial charge in [0, 0.05) is 0 Å². The summed E-state index contributed by atoms with van der Waals surface area (Å²) in [5.74, 6) is 0.621. The van der Waals surface area contributed by atoms with Gasteiger partial charge in [-0.1, -0.05) is 12.1 Å². The molecule has 0 radical (unpaired) electrons. The number of halogens is 1. The number of anilines is 1. The molecule has 0 bridgehead atoms. The summed E-state index contributed by atoms with van der Waals surface area (Å²) in [6.45, 7) is 0.0688. The topological polar surface area (TPSA) is 94.0 Å². The van der Waals surface area contributed by atoms with Crippen molar-refractivity contribution in [3.8, 4) is 11.4 Å². The summed E-state index contributed by atoms with van der Waals surface area (Å²) < 4.78 is 20.1. The van der Waals surface area contributed by atoms with Gasteiger partial charge in [0.1, 0.15) is 11.6 Å². The van der Waals surface area contributed by atoms with Crippen molar-refractivity contribution in [2.24, 2.45) is 0 Å². The Morgan fingerprint density at radius 2 is 1.96 bits per heavy atom. The van der Waals surface area contributed by atoms with Crippen LogP contribution in [0.3, 0.4) is 0 Å². The number of ether oxygens (including phenoxy) is 1. The van der Waals surface area contributed by atoms with Crippen LogP contribution in [0.5, 0.6) is 5.75 Å².